The van der Waals surface area contributed by atoms with Crippen LogP contribution in [0.3, 0.4) is 0 Å². The highest BCUT2D eigenvalue weighted by Gasteiger charge is 2.54. The van der Waals surface area contributed by atoms with Gasteiger partial charge in [0.1, 0.15) is 5.69 Å². The number of piperidine rings is 2. The summed E-state index contributed by atoms with van der Waals surface area (Å²) in [5.74, 6) is -0.422. The first-order valence-electron chi connectivity index (χ1n) is 13.2. The Labute approximate surface area is 214 Å². The minimum absolute atomic E-state index is 0.0929. The van der Waals surface area contributed by atoms with Crippen LogP contribution in [0.1, 0.15) is 49.0 Å². The molecule has 0 bridgehead atoms. The number of carbonyl (C=O) groups is 2. The molecule has 1 spiro atoms. The zero-order valence-electron chi connectivity index (χ0n) is 21.0. The van der Waals surface area contributed by atoms with Gasteiger partial charge in [0.25, 0.3) is 5.91 Å². The second-order valence-electron chi connectivity index (χ2n) is 10.8. The molecule has 37 heavy (non-hydrogen) atoms. The van der Waals surface area contributed by atoms with Gasteiger partial charge in [0.05, 0.1) is 38.3 Å². The van der Waals surface area contributed by atoms with Gasteiger partial charge < -0.3 is 19.7 Å². The fraction of sp³-hybridized carbons (Fsp3) is 0.615. The van der Waals surface area contributed by atoms with Gasteiger partial charge in [0, 0.05) is 42.2 Å². The summed E-state index contributed by atoms with van der Waals surface area (Å²) in [7, 11) is 1.46. The van der Waals surface area contributed by atoms with Crippen molar-refractivity contribution in [3.63, 3.8) is 0 Å². The van der Waals surface area contributed by atoms with Crippen LogP contribution in [0.15, 0.2) is 18.3 Å². The van der Waals surface area contributed by atoms with Crippen LogP contribution < -0.4 is 10.1 Å². The van der Waals surface area contributed by atoms with Gasteiger partial charge in [0.2, 0.25) is 11.8 Å². The van der Waals surface area contributed by atoms with E-state index in [-0.39, 0.29) is 40.8 Å². The summed E-state index contributed by atoms with van der Waals surface area (Å²) in [5, 5.41) is 10.3. The molecular weight excluding hydrogens is 479 g/mol. The molecule has 1 aliphatic carbocycles. The van der Waals surface area contributed by atoms with E-state index in [1.54, 1.807) is 6.07 Å². The van der Waals surface area contributed by atoms with Gasteiger partial charge in [-0.25, -0.2) is 9.37 Å². The maximum Gasteiger partial charge on any atom is 0.272 e. The van der Waals surface area contributed by atoms with Crippen LogP contribution in [0.4, 0.5) is 4.39 Å². The normalized spacial score (nSPS) is 25.5. The maximum atomic E-state index is 14.3. The molecule has 2 N–H and O–H groups in total. The van der Waals surface area contributed by atoms with Crippen molar-refractivity contribution >= 4 is 11.8 Å². The number of aromatic amines is 1. The number of likely N-dealkylation sites (tertiary alicyclic amines) is 2. The summed E-state index contributed by atoms with van der Waals surface area (Å²) < 4.78 is 24.8. The van der Waals surface area contributed by atoms with Crippen LogP contribution >= 0.6 is 0 Å². The molecule has 4 aliphatic rings. The van der Waals surface area contributed by atoms with E-state index in [9.17, 15) is 14.0 Å². The van der Waals surface area contributed by atoms with Gasteiger partial charge >= 0.3 is 0 Å². The summed E-state index contributed by atoms with van der Waals surface area (Å²) in [6, 6.07) is 3.69. The lowest BCUT2D eigenvalue weighted by atomic mass is 9.87. The minimum Gasteiger partial charge on any atom is -0.481 e. The van der Waals surface area contributed by atoms with Crippen molar-refractivity contribution in [3.05, 3.63) is 29.8 Å². The van der Waals surface area contributed by atoms with E-state index < -0.39 is 5.82 Å². The monoisotopic (exact) mass is 512 g/mol. The van der Waals surface area contributed by atoms with Crippen LogP contribution in [-0.4, -0.2) is 94.4 Å². The molecule has 3 saturated heterocycles. The third-order valence-corrected chi connectivity index (χ3v) is 8.40. The largest absolute Gasteiger partial charge is 0.481 e. The van der Waals surface area contributed by atoms with Crippen molar-refractivity contribution in [2.24, 2.45) is 5.92 Å². The van der Waals surface area contributed by atoms with E-state index >= 15 is 0 Å². The van der Waals surface area contributed by atoms with Crippen LogP contribution in [0, 0.1) is 11.7 Å². The Kier molecular flexibility index (Phi) is 6.36. The number of pyridine rings is 1. The van der Waals surface area contributed by atoms with Crippen LogP contribution in [0.2, 0.25) is 0 Å². The number of hydrogen-bond acceptors (Lipinski definition) is 7. The number of amides is 2. The molecule has 4 fully saturated rings. The Morgan fingerprint density at radius 3 is 2.81 bits per heavy atom. The fourth-order valence-corrected chi connectivity index (χ4v) is 6.00. The summed E-state index contributed by atoms with van der Waals surface area (Å²) in [6.45, 7) is 4.05. The average molecular weight is 513 g/mol. The second kappa shape index (κ2) is 9.68. The maximum absolute atomic E-state index is 14.3. The molecule has 5 heterocycles. The van der Waals surface area contributed by atoms with E-state index in [0.29, 0.717) is 36.8 Å². The van der Waals surface area contributed by atoms with Crippen LogP contribution in [0.5, 0.6) is 5.88 Å². The molecule has 0 radical (unpaired) electrons. The Morgan fingerprint density at radius 1 is 1.24 bits per heavy atom. The molecule has 2 aromatic rings. The number of nitrogens with one attached hydrogen (secondary N) is 2. The lowest BCUT2D eigenvalue weighted by Gasteiger charge is -2.43. The number of hydrogen-bond donors (Lipinski definition) is 2. The number of nitrogens with zero attached hydrogens (tertiary/aromatic N) is 4. The predicted molar refractivity (Wildman–Crippen MR) is 131 cm³/mol. The molecule has 1 saturated carbocycles. The molecule has 11 heteroatoms. The summed E-state index contributed by atoms with van der Waals surface area (Å²) >= 11 is 0. The summed E-state index contributed by atoms with van der Waals surface area (Å²) in [4.78, 5) is 34.8. The third kappa shape index (κ3) is 4.70. The Hall–Kier alpha value is -3.05. The Morgan fingerprint density at radius 2 is 2.08 bits per heavy atom. The molecule has 198 valence electrons. The number of aromatic nitrogens is 3. The lowest BCUT2D eigenvalue weighted by molar-refractivity contribution is -0.129. The van der Waals surface area contributed by atoms with Crippen molar-refractivity contribution in [2.75, 3.05) is 40.0 Å². The van der Waals surface area contributed by atoms with Gasteiger partial charge in [-0.2, -0.15) is 5.10 Å². The molecule has 10 nitrogen and oxygen atoms in total. The standard InChI is InChI=1S/C26H33FN6O4/c1-36-23-9-19(20(27)12-28-23)21-10-22(31-30-21)25(35)33-8-4-16(11-26(33)5-6-26)24(34)29-17-3-2-7-32(13-17)18-14-37-15-18/h9-10,12,16-18H,2-8,11,13-15H2,1H3,(H,29,34)(H,30,31)/t16-,17-/m0/s1. The zero-order chi connectivity index (χ0) is 25.6. The smallest absolute Gasteiger partial charge is 0.272 e. The van der Waals surface area contributed by atoms with E-state index in [1.165, 1.54) is 13.2 Å². The minimum atomic E-state index is -0.543. The number of methoxy groups -OCH3 is 1. The first kappa shape index (κ1) is 24.3. The number of halogens is 1. The highest BCUT2D eigenvalue weighted by Crippen LogP contribution is 2.50. The molecule has 2 amide bonds. The van der Waals surface area contributed by atoms with Crippen molar-refractivity contribution in [2.45, 2.75) is 56.1 Å². The van der Waals surface area contributed by atoms with Crippen molar-refractivity contribution in [1.29, 1.82) is 0 Å². The quantitative estimate of drug-likeness (QED) is 0.609. The van der Waals surface area contributed by atoms with Crippen molar-refractivity contribution in [1.82, 2.24) is 30.3 Å². The molecular formula is C26H33FN6O4. The summed E-state index contributed by atoms with van der Waals surface area (Å²) in [6.07, 6.45) is 6.24. The topological polar surface area (TPSA) is 113 Å². The lowest BCUT2D eigenvalue weighted by Crippen LogP contribution is -2.58. The van der Waals surface area contributed by atoms with Crippen molar-refractivity contribution in [3.8, 4) is 17.1 Å². The first-order valence-corrected chi connectivity index (χ1v) is 13.2. The first-order chi connectivity index (χ1) is 18.0. The molecule has 2 aromatic heterocycles. The Balaban J connectivity index is 1.09. The Bertz CT molecular complexity index is 1180. The number of H-pyrrole nitrogens is 1. The van der Waals surface area contributed by atoms with Gasteiger partial charge in [-0.1, -0.05) is 0 Å². The van der Waals surface area contributed by atoms with Crippen molar-refractivity contribution < 1.29 is 23.5 Å². The molecule has 0 unspecified atom stereocenters. The van der Waals surface area contributed by atoms with E-state index in [2.05, 4.69) is 25.4 Å². The highest BCUT2D eigenvalue weighted by molar-refractivity contribution is 5.94. The molecule has 0 aromatic carbocycles. The van der Waals surface area contributed by atoms with E-state index in [4.69, 9.17) is 9.47 Å². The van der Waals surface area contributed by atoms with Gasteiger partial charge in [-0.05, 0) is 51.1 Å². The van der Waals surface area contributed by atoms with Gasteiger partial charge in [0.15, 0.2) is 5.82 Å². The molecule has 3 aliphatic heterocycles. The molecule has 2 atom stereocenters. The third-order valence-electron chi connectivity index (χ3n) is 8.40. The summed E-state index contributed by atoms with van der Waals surface area (Å²) in [5.41, 5.74) is 0.553. The highest BCUT2D eigenvalue weighted by atomic mass is 19.1. The average Bonchev–Trinajstić information content (AvgIpc) is 3.44. The second-order valence-corrected chi connectivity index (χ2v) is 10.8. The van der Waals surface area contributed by atoms with E-state index in [1.807, 2.05) is 4.90 Å². The van der Waals surface area contributed by atoms with Crippen LogP contribution in [-0.2, 0) is 9.53 Å². The zero-order valence-corrected chi connectivity index (χ0v) is 21.0. The number of carbonyl (C=O) groups excluding carboxylic acids is 2. The van der Waals surface area contributed by atoms with Gasteiger partial charge in [-0.15, -0.1) is 0 Å². The predicted octanol–water partition coefficient (Wildman–Crippen LogP) is 1.98. The number of rotatable bonds is 6. The van der Waals surface area contributed by atoms with E-state index in [0.717, 1.165) is 58.2 Å². The van der Waals surface area contributed by atoms with Crippen LogP contribution in [0.25, 0.3) is 11.3 Å². The fourth-order valence-electron chi connectivity index (χ4n) is 6.00. The molecule has 6 rings (SSSR count). The van der Waals surface area contributed by atoms with Gasteiger partial charge in [-0.3, -0.25) is 19.6 Å². The number of ether oxygens (including phenoxy) is 2. The SMILES string of the molecule is COc1cc(-c2cc(C(=O)N3CC[C@H](C(=O)N[C@H]4CCCN(C5COC5)C4)CC34CC4)[nH]n2)c(F)cn1.